The van der Waals surface area contributed by atoms with Gasteiger partial charge in [-0.05, 0) is 110 Å². The maximum absolute atomic E-state index is 12.7. The molecule has 7 aromatic carbocycles. The zero-order valence-electron chi connectivity index (χ0n) is 59.6. The van der Waals surface area contributed by atoms with E-state index in [2.05, 4.69) is 52.6 Å². The summed E-state index contributed by atoms with van der Waals surface area (Å²) in [6, 6.07) is 34.1. The van der Waals surface area contributed by atoms with Gasteiger partial charge in [0.1, 0.15) is 11.6 Å². The smallest absolute Gasteiger partial charge is 0.148 e. The van der Waals surface area contributed by atoms with Crippen LogP contribution in [0, 0.1) is 19.8 Å². The van der Waals surface area contributed by atoms with Gasteiger partial charge < -0.3 is 5.11 Å². The maximum Gasteiger partial charge on any atom is 0.148 e. The van der Waals surface area contributed by atoms with Crippen LogP contribution in [0.1, 0.15) is 141 Å². The maximum atomic E-state index is 12.7. The van der Waals surface area contributed by atoms with Crippen LogP contribution >= 0.6 is 0 Å². The molecule has 0 aliphatic carbocycles. The van der Waals surface area contributed by atoms with Crippen LogP contribution in [0.15, 0.2) is 152 Å². The van der Waals surface area contributed by atoms with E-state index in [1.165, 1.54) is 0 Å². The fourth-order valence-corrected chi connectivity index (χ4v) is 8.87. The molecule has 2 aromatic heterocycles. The zero-order chi connectivity index (χ0) is 65.3. The van der Waals surface area contributed by atoms with Crippen LogP contribution < -0.4 is 0 Å². The quantitative estimate of drug-likeness (QED) is 0.162. The molecule has 0 amide bonds. The average Bonchev–Trinajstić information content (AvgIpc) is 1.15. The van der Waals surface area contributed by atoms with Gasteiger partial charge in [-0.2, -0.15) is 0 Å². The first kappa shape index (κ1) is 32.6. The summed E-state index contributed by atoms with van der Waals surface area (Å²) < 4.78 is 159. The number of para-hydroxylation sites is 1. The van der Waals surface area contributed by atoms with Crippen LogP contribution in [0.4, 0.5) is 0 Å². The second-order valence-corrected chi connectivity index (χ2v) is 21.2. The molecular formula is C66H68N3OPt-. The number of pyridine rings is 1. The first-order valence-electron chi connectivity index (χ1n) is 32.3. The Bertz CT molecular complexity index is 4170. The van der Waals surface area contributed by atoms with Crippen molar-refractivity contribution < 1.29 is 50.8 Å². The minimum Gasteiger partial charge on any atom is -0.507 e. The second-order valence-electron chi connectivity index (χ2n) is 21.2. The van der Waals surface area contributed by atoms with Crippen LogP contribution in [-0.2, 0) is 42.7 Å². The third kappa shape index (κ3) is 10.2. The van der Waals surface area contributed by atoms with Gasteiger partial charge in [0.05, 0.1) is 30.5 Å². The van der Waals surface area contributed by atoms with Crippen molar-refractivity contribution in [1.29, 1.82) is 0 Å². The number of imidazole rings is 1. The summed E-state index contributed by atoms with van der Waals surface area (Å²) in [7, 11) is 0. The molecule has 0 radical (unpaired) electrons. The number of phenolic OH excluding ortho intramolecular Hbond substituents is 1. The van der Waals surface area contributed by atoms with Crippen LogP contribution in [0.3, 0.4) is 0 Å². The second kappa shape index (κ2) is 19.0. The number of hydrogen-bond acceptors (Lipinski definition) is 3. The van der Waals surface area contributed by atoms with E-state index in [-0.39, 0.29) is 49.1 Å². The minimum atomic E-state index is -3.84. The zero-order valence-corrected chi connectivity index (χ0v) is 43.8. The summed E-state index contributed by atoms with van der Waals surface area (Å²) in [5.41, 5.74) is 0.0362. The van der Waals surface area contributed by atoms with E-state index in [4.69, 9.17) is 22.8 Å². The Morgan fingerprint density at radius 1 is 0.577 bits per heavy atom. The van der Waals surface area contributed by atoms with Crippen molar-refractivity contribution in [3.05, 3.63) is 191 Å². The van der Waals surface area contributed by atoms with Crippen molar-refractivity contribution >= 4 is 11.0 Å². The van der Waals surface area contributed by atoms with Crippen molar-refractivity contribution in [3.8, 4) is 78.6 Å². The first-order chi connectivity index (χ1) is 40.4. The van der Waals surface area contributed by atoms with Gasteiger partial charge in [-0.3, -0.25) is 9.55 Å². The van der Waals surface area contributed by atoms with Crippen LogP contribution in [0.25, 0.3) is 83.9 Å². The summed E-state index contributed by atoms with van der Waals surface area (Å²) in [6.45, 7) is 5.66. The molecule has 0 aliphatic heterocycles. The Balaban J connectivity index is 0.0000102. The van der Waals surface area contributed by atoms with Gasteiger partial charge in [-0.1, -0.05) is 208 Å². The molecule has 9 aromatic rings. The number of aryl methyl sites for hydroxylation is 1. The summed E-state index contributed by atoms with van der Waals surface area (Å²) in [4.78, 5) is 9.95. The van der Waals surface area contributed by atoms with Crippen LogP contribution in [0.5, 0.6) is 5.75 Å². The van der Waals surface area contributed by atoms with Gasteiger partial charge in [0.2, 0.25) is 0 Å². The molecule has 1 N–H and O–H groups in total. The molecular weight excluding hydrogens is 1050 g/mol. The molecule has 0 atom stereocenters. The first-order valence-corrected chi connectivity index (χ1v) is 23.3. The van der Waals surface area contributed by atoms with E-state index < -0.39 is 102 Å². The Labute approximate surface area is 462 Å². The van der Waals surface area contributed by atoms with E-state index in [0.717, 1.165) is 23.6 Å². The standard InChI is InChI=1S/C66H68N3O.Pt/c1-41-23-30-58(53(33-41)44-24-27-50(28-25-44)63(3,4)5)69-59-22-18-21-52(60(59)68-62(69)54-39-51(64(6,7)8)40-56(61(54)70)66(12,13)14)48-35-47(43-19-16-15-17-20-43)36-49(37-48)57-38-46(31-32-67-57)45-26-29-55(42(2)34-45)65(9,10)11;/h15-36,38-40,70H,1-14H3;/q-1;/i1D3,9D3,10D3,11D3,26D,29D,31D,32D,34D,38D;. The number of fused-ring (bicyclic) bond motifs is 1. The van der Waals surface area contributed by atoms with Crippen molar-refractivity contribution in [3.63, 3.8) is 0 Å². The number of benzene rings is 7. The number of hydrogen-bond donors (Lipinski definition) is 1. The van der Waals surface area contributed by atoms with Crippen molar-refractivity contribution in [2.24, 2.45) is 0 Å². The predicted octanol–water partition coefficient (Wildman–Crippen LogP) is 17.7. The number of aromatic hydroxyl groups is 1. The molecule has 9 rings (SSSR count). The van der Waals surface area contributed by atoms with Gasteiger partial charge in [0, 0.05) is 60.5 Å². The molecule has 0 spiro atoms. The van der Waals surface area contributed by atoms with Crippen LogP contribution in [0.2, 0.25) is 0 Å². The molecule has 0 aliphatic rings. The van der Waals surface area contributed by atoms with Gasteiger partial charge in [0.15, 0.2) is 0 Å². The molecule has 0 fully saturated rings. The molecule has 0 unspecified atom stereocenters. The fraction of sp³-hybridized carbons (Fsp3) is 0.273. The fourth-order valence-electron chi connectivity index (χ4n) is 8.87. The van der Waals surface area contributed by atoms with Crippen LogP contribution in [-0.4, -0.2) is 19.6 Å². The Kier molecular flexibility index (Phi) is 8.72. The molecule has 2 heterocycles. The largest absolute Gasteiger partial charge is 0.507 e. The Morgan fingerprint density at radius 3 is 1.96 bits per heavy atom. The van der Waals surface area contributed by atoms with Crippen molar-refractivity contribution in [2.45, 2.75) is 118 Å². The molecule has 0 saturated heterocycles. The topological polar surface area (TPSA) is 50.9 Å². The predicted molar refractivity (Wildman–Crippen MR) is 296 cm³/mol. The third-order valence-electron chi connectivity index (χ3n) is 12.7. The number of rotatable bonds is 7. The Hall–Kier alpha value is -6.35. The van der Waals surface area contributed by atoms with Gasteiger partial charge in [-0.15, -0.1) is 23.8 Å². The van der Waals surface area contributed by atoms with Gasteiger partial charge >= 0.3 is 0 Å². The normalized spacial score (nSPS) is 16.7. The summed E-state index contributed by atoms with van der Waals surface area (Å²) in [6.07, 6.45) is -0.735. The molecule has 0 saturated carbocycles. The summed E-state index contributed by atoms with van der Waals surface area (Å²) in [5.74, 6) is 0.305. The summed E-state index contributed by atoms with van der Waals surface area (Å²) >= 11 is 0. The molecule has 4 nitrogen and oxygen atoms in total. The SMILES string of the molecule is [2H]c1nc(-c2[c-]c(-c3cccc4c3nc(-c3cc(C(C)(C)C)cc(C(C)(C)C)c3O)n4-c3ccc(C([2H])([2H])[2H])cc3-c3ccc(C(C)(C)C)cc3)cc(-c3ccccc3)c2)c([2H])c(-c2c([2H])c([2H])c(C(C([2H])([2H])[2H])(C([2H])([2H])[2H])C([2H])([2H])[2H])c(C)c2[2H])c1[2H].[Pt]. The monoisotopic (exact) mass is 1130 g/mol. The van der Waals surface area contributed by atoms with Crippen molar-refractivity contribution in [2.75, 3.05) is 0 Å². The molecule has 364 valence electrons. The van der Waals surface area contributed by atoms with Gasteiger partial charge in [0.25, 0.3) is 0 Å². The van der Waals surface area contributed by atoms with E-state index in [0.29, 0.717) is 61.5 Å². The number of phenols is 1. The van der Waals surface area contributed by atoms with Crippen molar-refractivity contribution in [1.82, 2.24) is 14.5 Å². The van der Waals surface area contributed by atoms with E-state index in [1.54, 1.807) is 24.3 Å². The van der Waals surface area contributed by atoms with E-state index in [9.17, 15) is 12.0 Å². The third-order valence-corrected chi connectivity index (χ3v) is 12.7. The molecule has 71 heavy (non-hydrogen) atoms. The van der Waals surface area contributed by atoms with E-state index in [1.807, 2.05) is 116 Å². The van der Waals surface area contributed by atoms with Gasteiger partial charge in [-0.25, -0.2) is 4.98 Å². The number of nitrogens with zero attached hydrogens (tertiary/aromatic N) is 3. The molecule has 0 bridgehead atoms. The number of aromatic nitrogens is 3. The Morgan fingerprint density at radius 2 is 1.28 bits per heavy atom. The average molecular weight is 1130 g/mol. The van der Waals surface area contributed by atoms with E-state index >= 15 is 0 Å². The minimum absolute atomic E-state index is 0. The summed E-state index contributed by atoms with van der Waals surface area (Å²) in [5, 5.41) is 12.7. The molecule has 5 heteroatoms.